The van der Waals surface area contributed by atoms with Crippen LogP contribution in [-0.4, -0.2) is 43.5 Å². The first-order valence-electron chi connectivity index (χ1n) is 7.12. The Kier molecular flexibility index (Phi) is 4.89. The lowest BCUT2D eigenvalue weighted by atomic mass is 10.1. The maximum absolute atomic E-state index is 7.44. The van der Waals surface area contributed by atoms with Crippen LogP contribution in [0.4, 0.5) is 5.69 Å². The number of hydrogen-bond acceptors (Lipinski definition) is 3. The number of likely N-dealkylation sites (N-methyl/N-ethyl adjacent to an activating group) is 2. The molecule has 1 aromatic rings. The molecule has 1 unspecified atom stereocenters. The molecule has 4 nitrogen and oxygen atoms in total. The van der Waals surface area contributed by atoms with Crippen LogP contribution < -0.4 is 10.6 Å². The highest BCUT2D eigenvalue weighted by Gasteiger charge is 2.24. The minimum absolute atomic E-state index is 0.0501. The summed E-state index contributed by atoms with van der Waals surface area (Å²) in [5, 5.41) is 8.10. The van der Waals surface area contributed by atoms with E-state index in [9.17, 15) is 0 Å². The Balaban J connectivity index is 2.09. The van der Waals surface area contributed by atoms with E-state index in [1.54, 1.807) is 6.07 Å². The van der Waals surface area contributed by atoms with Crippen molar-refractivity contribution in [3.05, 3.63) is 28.8 Å². The molecule has 1 heterocycles. The van der Waals surface area contributed by atoms with Crippen LogP contribution in [0.15, 0.2) is 18.2 Å². The second-order valence-corrected chi connectivity index (χ2v) is 5.79. The van der Waals surface area contributed by atoms with Gasteiger partial charge < -0.3 is 10.6 Å². The zero-order chi connectivity index (χ0) is 14.7. The number of likely N-dealkylation sites (tertiary alicyclic amines) is 1. The summed E-state index contributed by atoms with van der Waals surface area (Å²) in [4.78, 5) is 4.72. The third kappa shape index (κ3) is 3.25. The fraction of sp³-hybridized carbons (Fsp3) is 0.533. The molecule has 0 amide bonds. The van der Waals surface area contributed by atoms with Gasteiger partial charge >= 0.3 is 0 Å². The predicted molar refractivity (Wildman–Crippen MR) is 86.0 cm³/mol. The standard InChI is InChI=1S/C15H23ClN4/c1-3-20-8-4-5-12(20)10-19(2)14-7-6-11(15(17)18)9-13(14)16/h6-7,9,12H,3-5,8,10H2,1-2H3,(H3,17,18). The van der Waals surface area contributed by atoms with E-state index in [2.05, 4.69) is 23.8 Å². The number of nitrogens with one attached hydrogen (secondary N) is 1. The van der Waals surface area contributed by atoms with E-state index in [0.29, 0.717) is 16.6 Å². The summed E-state index contributed by atoms with van der Waals surface area (Å²) in [5.74, 6) is 0.0501. The van der Waals surface area contributed by atoms with Crippen LogP contribution in [0.1, 0.15) is 25.3 Å². The van der Waals surface area contributed by atoms with Gasteiger partial charge in [-0.1, -0.05) is 18.5 Å². The van der Waals surface area contributed by atoms with Gasteiger partial charge in [0.15, 0.2) is 0 Å². The van der Waals surface area contributed by atoms with Gasteiger partial charge in [0.05, 0.1) is 10.7 Å². The molecule has 1 saturated heterocycles. The fourth-order valence-electron chi connectivity index (χ4n) is 2.92. The molecule has 0 radical (unpaired) electrons. The van der Waals surface area contributed by atoms with Crippen LogP contribution in [-0.2, 0) is 0 Å². The Labute approximate surface area is 126 Å². The van der Waals surface area contributed by atoms with E-state index in [0.717, 1.165) is 18.8 Å². The minimum Gasteiger partial charge on any atom is -0.384 e. The molecular weight excluding hydrogens is 272 g/mol. The maximum atomic E-state index is 7.44. The number of anilines is 1. The lowest BCUT2D eigenvalue weighted by Gasteiger charge is -2.29. The molecule has 3 N–H and O–H groups in total. The molecule has 0 aliphatic carbocycles. The van der Waals surface area contributed by atoms with Crippen molar-refractivity contribution in [3.8, 4) is 0 Å². The van der Waals surface area contributed by atoms with Gasteiger partial charge in [0.2, 0.25) is 0 Å². The minimum atomic E-state index is 0.0501. The summed E-state index contributed by atoms with van der Waals surface area (Å²) in [6.45, 7) is 5.50. The number of nitrogens with zero attached hydrogens (tertiary/aromatic N) is 2. The molecule has 1 atom stereocenters. The van der Waals surface area contributed by atoms with Gasteiger partial charge in [-0.25, -0.2) is 0 Å². The highest BCUT2D eigenvalue weighted by molar-refractivity contribution is 6.33. The summed E-state index contributed by atoms with van der Waals surface area (Å²) < 4.78 is 0. The number of halogens is 1. The van der Waals surface area contributed by atoms with Crippen molar-refractivity contribution in [2.75, 3.05) is 31.6 Å². The van der Waals surface area contributed by atoms with Gasteiger partial charge in [-0.3, -0.25) is 10.3 Å². The van der Waals surface area contributed by atoms with Crippen LogP contribution in [0.5, 0.6) is 0 Å². The van der Waals surface area contributed by atoms with E-state index >= 15 is 0 Å². The molecule has 5 heteroatoms. The van der Waals surface area contributed by atoms with E-state index in [-0.39, 0.29) is 5.84 Å². The quantitative estimate of drug-likeness (QED) is 0.648. The van der Waals surface area contributed by atoms with Crippen LogP contribution in [0.2, 0.25) is 5.02 Å². The molecule has 0 spiro atoms. The number of benzene rings is 1. The molecule has 20 heavy (non-hydrogen) atoms. The normalized spacial score (nSPS) is 19.2. The zero-order valence-corrected chi connectivity index (χ0v) is 13.0. The number of nitrogen functional groups attached to an aromatic ring is 1. The largest absolute Gasteiger partial charge is 0.384 e. The van der Waals surface area contributed by atoms with Gasteiger partial charge in [-0.2, -0.15) is 0 Å². The van der Waals surface area contributed by atoms with E-state index in [4.69, 9.17) is 22.7 Å². The van der Waals surface area contributed by atoms with E-state index in [1.165, 1.54) is 19.4 Å². The Bertz CT molecular complexity index is 489. The topological polar surface area (TPSA) is 56.4 Å². The Hall–Kier alpha value is -1.26. The van der Waals surface area contributed by atoms with Gasteiger partial charge in [0.25, 0.3) is 0 Å². The molecule has 0 aromatic heterocycles. The van der Waals surface area contributed by atoms with Gasteiger partial charge in [0.1, 0.15) is 5.84 Å². The van der Waals surface area contributed by atoms with Crippen molar-refractivity contribution in [1.82, 2.24) is 4.90 Å². The highest BCUT2D eigenvalue weighted by Crippen LogP contribution is 2.27. The second-order valence-electron chi connectivity index (χ2n) is 5.39. The summed E-state index contributed by atoms with van der Waals surface area (Å²) in [7, 11) is 2.07. The molecule has 1 aliphatic rings. The summed E-state index contributed by atoms with van der Waals surface area (Å²) >= 11 is 6.32. The SMILES string of the molecule is CCN1CCCC1CN(C)c1ccc(C(=N)N)cc1Cl. The van der Waals surface area contributed by atoms with Crippen molar-refractivity contribution in [2.45, 2.75) is 25.8 Å². The average Bonchev–Trinajstić information content (AvgIpc) is 2.85. The Morgan fingerprint density at radius 3 is 2.90 bits per heavy atom. The van der Waals surface area contributed by atoms with Gasteiger partial charge in [0, 0.05) is 25.2 Å². The number of amidine groups is 1. The Morgan fingerprint density at radius 1 is 1.55 bits per heavy atom. The first-order valence-corrected chi connectivity index (χ1v) is 7.49. The number of nitrogens with two attached hydrogens (primary N) is 1. The monoisotopic (exact) mass is 294 g/mol. The van der Waals surface area contributed by atoms with Crippen molar-refractivity contribution < 1.29 is 0 Å². The van der Waals surface area contributed by atoms with Crippen molar-refractivity contribution >= 4 is 23.1 Å². The van der Waals surface area contributed by atoms with Crippen molar-refractivity contribution in [3.63, 3.8) is 0 Å². The van der Waals surface area contributed by atoms with E-state index < -0.39 is 0 Å². The molecule has 1 aromatic carbocycles. The third-order valence-electron chi connectivity index (χ3n) is 4.06. The van der Waals surface area contributed by atoms with Gasteiger partial charge in [-0.15, -0.1) is 0 Å². The number of hydrogen-bond donors (Lipinski definition) is 2. The zero-order valence-electron chi connectivity index (χ0n) is 12.2. The molecule has 110 valence electrons. The second kappa shape index (κ2) is 6.46. The molecule has 0 bridgehead atoms. The van der Waals surface area contributed by atoms with Crippen LogP contribution >= 0.6 is 11.6 Å². The lowest BCUT2D eigenvalue weighted by molar-refractivity contribution is 0.270. The smallest absolute Gasteiger partial charge is 0.122 e. The third-order valence-corrected chi connectivity index (χ3v) is 4.36. The predicted octanol–water partition coefficient (Wildman–Crippen LogP) is 2.54. The van der Waals surface area contributed by atoms with Crippen LogP contribution in [0.25, 0.3) is 0 Å². The molecule has 2 rings (SSSR count). The Morgan fingerprint density at radius 2 is 2.30 bits per heavy atom. The number of rotatable bonds is 5. The molecule has 1 aliphatic heterocycles. The van der Waals surface area contributed by atoms with Crippen molar-refractivity contribution in [2.24, 2.45) is 5.73 Å². The van der Waals surface area contributed by atoms with Gasteiger partial charge in [-0.05, 0) is 44.1 Å². The van der Waals surface area contributed by atoms with Crippen molar-refractivity contribution in [1.29, 1.82) is 5.41 Å². The first kappa shape index (κ1) is 15.1. The first-order chi connectivity index (χ1) is 9.52. The maximum Gasteiger partial charge on any atom is 0.122 e. The molecule has 0 saturated carbocycles. The average molecular weight is 295 g/mol. The van der Waals surface area contributed by atoms with E-state index in [1.807, 2.05) is 12.1 Å². The lowest BCUT2D eigenvalue weighted by Crippen LogP contribution is -2.38. The summed E-state index contributed by atoms with van der Waals surface area (Å²) in [5.41, 5.74) is 7.15. The molecular formula is C15H23ClN4. The fourth-order valence-corrected chi connectivity index (χ4v) is 3.24. The summed E-state index contributed by atoms with van der Waals surface area (Å²) in [6.07, 6.45) is 2.53. The van der Waals surface area contributed by atoms with Crippen LogP contribution in [0, 0.1) is 5.41 Å². The summed E-state index contributed by atoms with van der Waals surface area (Å²) in [6, 6.07) is 6.17. The van der Waals surface area contributed by atoms with Crippen LogP contribution in [0.3, 0.4) is 0 Å². The molecule has 1 fully saturated rings. The highest BCUT2D eigenvalue weighted by atomic mass is 35.5.